The molecule has 11 heteroatoms. The van der Waals surface area contributed by atoms with Crippen molar-refractivity contribution in [1.29, 1.82) is 0 Å². The number of rotatable bonds is 6. The molecule has 0 N–H and O–H groups in total. The molecule has 1 saturated carbocycles. The quantitative estimate of drug-likeness (QED) is 0.404. The van der Waals surface area contributed by atoms with Crippen molar-refractivity contribution < 1.29 is 27.4 Å². The van der Waals surface area contributed by atoms with Crippen LogP contribution in [0.25, 0.3) is 16.9 Å². The van der Waals surface area contributed by atoms with Crippen molar-refractivity contribution in [3.8, 4) is 28.9 Å². The van der Waals surface area contributed by atoms with E-state index in [1.54, 1.807) is 36.1 Å². The van der Waals surface area contributed by atoms with Crippen LogP contribution in [0.5, 0.6) is 17.6 Å². The summed E-state index contributed by atoms with van der Waals surface area (Å²) in [6.07, 6.45) is 0.975. The van der Waals surface area contributed by atoms with Crippen LogP contribution in [-0.4, -0.2) is 45.1 Å². The van der Waals surface area contributed by atoms with Crippen molar-refractivity contribution >= 4 is 5.65 Å². The van der Waals surface area contributed by atoms with Crippen LogP contribution in [0.1, 0.15) is 34.9 Å². The number of nitrogens with zero attached hydrogens (tertiary/aromatic N) is 5. The van der Waals surface area contributed by atoms with Gasteiger partial charge in [-0.25, -0.2) is 14.5 Å². The molecule has 176 valence electrons. The SMILES string of the molecule is COc1ncc(-c2cc([C@H]3C[C@@H]3c3ccc(C)c(OC(F)(F)F)c3)c3nccn3n2)c(OC)n1. The molecule has 0 spiro atoms. The lowest BCUT2D eigenvalue weighted by atomic mass is 10.0. The molecule has 3 heterocycles. The molecule has 4 aromatic rings. The summed E-state index contributed by atoms with van der Waals surface area (Å²) in [6.45, 7) is 1.59. The lowest BCUT2D eigenvalue weighted by molar-refractivity contribution is -0.274. The zero-order valence-corrected chi connectivity index (χ0v) is 18.5. The van der Waals surface area contributed by atoms with Gasteiger partial charge in [0.2, 0.25) is 5.88 Å². The summed E-state index contributed by atoms with van der Waals surface area (Å²) in [5.74, 6) is 0.209. The van der Waals surface area contributed by atoms with E-state index < -0.39 is 6.36 Å². The number of imidazole rings is 1. The van der Waals surface area contributed by atoms with Gasteiger partial charge >= 0.3 is 12.4 Å². The van der Waals surface area contributed by atoms with Crippen LogP contribution >= 0.6 is 0 Å². The molecule has 1 fully saturated rings. The predicted molar refractivity (Wildman–Crippen MR) is 115 cm³/mol. The fourth-order valence-corrected chi connectivity index (χ4v) is 4.12. The minimum absolute atomic E-state index is 0.0287. The Kier molecular flexibility index (Phi) is 5.26. The van der Waals surface area contributed by atoms with E-state index in [0.29, 0.717) is 28.3 Å². The topological polar surface area (TPSA) is 83.7 Å². The number of aryl methyl sites for hydroxylation is 1. The van der Waals surface area contributed by atoms with Crippen molar-refractivity contribution in [1.82, 2.24) is 24.6 Å². The van der Waals surface area contributed by atoms with Gasteiger partial charge in [-0.1, -0.05) is 12.1 Å². The van der Waals surface area contributed by atoms with Crippen LogP contribution in [0.4, 0.5) is 13.2 Å². The minimum atomic E-state index is -4.74. The van der Waals surface area contributed by atoms with Gasteiger partial charge in [0.25, 0.3) is 0 Å². The Morgan fingerprint density at radius 1 is 1.06 bits per heavy atom. The molecule has 1 aromatic carbocycles. The highest BCUT2D eigenvalue weighted by atomic mass is 19.4. The van der Waals surface area contributed by atoms with E-state index in [2.05, 4.69) is 24.8 Å². The molecule has 2 atom stereocenters. The second-order valence-corrected chi connectivity index (χ2v) is 7.98. The van der Waals surface area contributed by atoms with Gasteiger partial charge < -0.3 is 14.2 Å². The molecule has 0 bridgehead atoms. The Balaban J connectivity index is 1.52. The minimum Gasteiger partial charge on any atom is -0.480 e. The maximum atomic E-state index is 12.8. The smallest absolute Gasteiger partial charge is 0.480 e. The maximum Gasteiger partial charge on any atom is 0.573 e. The predicted octanol–water partition coefficient (Wildman–Crippen LogP) is 4.68. The maximum absolute atomic E-state index is 12.8. The normalized spacial score (nSPS) is 17.6. The largest absolute Gasteiger partial charge is 0.573 e. The third kappa shape index (κ3) is 4.09. The van der Waals surface area contributed by atoms with Crippen LogP contribution in [0.3, 0.4) is 0 Å². The van der Waals surface area contributed by atoms with Gasteiger partial charge in [-0.05, 0) is 48.4 Å². The van der Waals surface area contributed by atoms with Crippen LogP contribution in [0, 0.1) is 6.92 Å². The lowest BCUT2D eigenvalue weighted by Gasteiger charge is -2.13. The number of fused-ring (bicyclic) bond motifs is 1. The summed E-state index contributed by atoms with van der Waals surface area (Å²) in [6, 6.07) is 7.03. The second-order valence-electron chi connectivity index (χ2n) is 7.98. The highest BCUT2D eigenvalue weighted by Gasteiger charge is 2.42. The fraction of sp³-hybridized carbons (Fsp3) is 0.304. The first kappa shape index (κ1) is 21.9. The number of ether oxygens (including phenoxy) is 3. The molecule has 0 saturated heterocycles. The number of benzene rings is 1. The number of alkyl halides is 3. The van der Waals surface area contributed by atoms with E-state index in [0.717, 1.165) is 17.5 Å². The number of halogens is 3. The van der Waals surface area contributed by atoms with E-state index in [4.69, 9.17) is 9.47 Å². The summed E-state index contributed by atoms with van der Waals surface area (Å²) in [5.41, 5.74) is 3.97. The first-order chi connectivity index (χ1) is 16.3. The van der Waals surface area contributed by atoms with Gasteiger partial charge in [0, 0.05) is 24.2 Å². The van der Waals surface area contributed by atoms with E-state index >= 15 is 0 Å². The van der Waals surface area contributed by atoms with Crippen molar-refractivity contribution in [2.45, 2.75) is 31.5 Å². The lowest BCUT2D eigenvalue weighted by Crippen LogP contribution is -2.17. The molecule has 1 aliphatic carbocycles. The summed E-state index contributed by atoms with van der Waals surface area (Å²) >= 11 is 0. The van der Waals surface area contributed by atoms with Crippen molar-refractivity contribution in [3.05, 3.63) is 59.5 Å². The Morgan fingerprint density at radius 3 is 2.62 bits per heavy atom. The van der Waals surface area contributed by atoms with Gasteiger partial charge in [-0.2, -0.15) is 10.1 Å². The van der Waals surface area contributed by atoms with Gasteiger partial charge in [0.05, 0.1) is 25.5 Å². The molecule has 0 amide bonds. The second kappa shape index (κ2) is 8.15. The molecule has 8 nitrogen and oxygen atoms in total. The number of methoxy groups -OCH3 is 2. The molecule has 1 aliphatic rings. The standard InChI is InChI=1S/C23H20F3N5O3/c1-12-4-5-13(8-19(12)34-23(24,25)26)14-9-15(14)16-10-18(30-31-7-6-27-20(16)31)17-11-28-22(33-3)29-21(17)32-2/h4-8,10-11,14-15H,9H2,1-3H3/t14-,15+/m1/s1. The highest BCUT2D eigenvalue weighted by Crippen LogP contribution is 2.56. The molecule has 0 aliphatic heterocycles. The van der Waals surface area contributed by atoms with Gasteiger partial charge in [-0.15, -0.1) is 13.2 Å². The summed E-state index contributed by atoms with van der Waals surface area (Å²) < 4.78 is 54.7. The Hall–Kier alpha value is -3.89. The first-order valence-corrected chi connectivity index (χ1v) is 10.4. The Bertz CT molecular complexity index is 1370. The molecule has 3 aromatic heterocycles. The number of aromatic nitrogens is 5. The van der Waals surface area contributed by atoms with Crippen LogP contribution in [0.2, 0.25) is 0 Å². The van der Waals surface area contributed by atoms with E-state index in [-0.39, 0.29) is 23.6 Å². The molecule has 5 rings (SSSR count). The van der Waals surface area contributed by atoms with Crippen molar-refractivity contribution in [2.24, 2.45) is 0 Å². The number of hydrogen-bond donors (Lipinski definition) is 0. The average Bonchev–Trinajstić information content (AvgIpc) is 3.46. The number of hydrogen-bond acceptors (Lipinski definition) is 7. The third-order valence-corrected chi connectivity index (χ3v) is 5.83. The van der Waals surface area contributed by atoms with Gasteiger partial charge in [-0.3, -0.25) is 0 Å². The van der Waals surface area contributed by atoms with E-state index in [1.165, 1.54) is 20.3 Å². The summed E-state index contributed by atoms with van der Waals surface area (Å²) in [5, 5.41) is 4.61. The van der Waals surface area contributed by atoms with Crippen LogP contribution in [0.15, 0.2) is 42.9 Å². The Labute approximate surface area is 192 Å². The Morgan fingerprint density at radius 2 is 1.88 bits per heavy atom. The highest BCUT2D eigenvalue weighted by molar-refractivity contribution is 5.68. The van der Waals surface area contributed by atoms with Crippen LogP contribution in [-0.2, 0) is 0 Å². The van der Waals surface area contributed by atoms with Crippen LogP contribution < -0.4 is 14.2 Å². The monoisotopic (exact) mass is 471 g/mol. The molecule has 34 heavy (non-hydrogen) atoms. The van der Waals surface area contributed by atoms with Gasteiger partial charge in [0.15, 0.2) is 5.65 Å². The molecular formula is C23H20F3N5O3. The molecule has 0 radical (unpaired) electrons. The molecule has 0 unspecified atom stereocenters. The van der Waals surface area contributed by atoms with E-state index in [1.807, 2.05) is 12.1 Å². The first-order valence-electron chi connectivity index (χ1n) is 10.4. The molecular weight excluding hydrogens is 451 g/mol. The van der Waals surface area contributed by atoms with Crippen molar-refractivity contribution in [3.63, 3.8) is 0 Å². The average molecular weight is 471 g/mol. The summed E-state index contributed by atoms with van der Waals surface area (Å²) in [7, 11) is 2.96. The van der Waals surface area contributed by atoms with Crippen molar-refractivity contribution in [2.75, 3.05) is 14.2 Å². The van der Waals surface area contributed by atoms with Gasteiger partial charge in [0.1, 0.15) is 5.75 Å². The summed E-state index contributed by atoms with van der Waals surface area (Å²) in [4.78, 5) is 12.8. The zero-order chi connectivity index (χ0) is 24.0. The fourth-order valence-electron chi connectivity index (χ4n) is 4.12. The zero-order valence-electron chi connectivity index (χ0n) is 18.5. The van der Waals surface area contributed by atoms with E-state index in [9.17, 15) is 13.2 Å². The third-order valence-electron chi connectivity index (χ3n) is 5.83.